The van der Waals surface area contributed by atoms with Crippen LogP contribution in [0.4, 0.5) is 9.52 Å². The lowest BCUT2D eigenvalue weighted by atomic mass is 9.95. The lowest BCUT2D eigenvalue weighted by Gasteiger charge is -2.22. The van der Waals surface area contributed by atoms with Crippen molar-refractivity contribution in [2.45, 2.75) is 25.8 Å². The van der Waals surface area contributed by atoms with E-state index in [1.54, 1.807) is 0 Å². The van der Waals surface area contributed by atoms with Gasteiger partial charge in [0.05, 0.1) is 17.0 Å². The zero-order valence-electron chi connectivity index (χ0n) is 16.1. The molecule has 0 spiro atoms. The van der Waals surface area contributed by atoms with Gasteiger partial charge in [-0.3, -0.25) is 14.5 Å². The standard InChI is InChI=1S/C22H16FN3O3S/c1-11(2)12-3-5-13(6-4-12)18-17-19(27)15-9-14(23)7-8-16(15)29-20(17)21(28)26(18)22-25-24-10-30-22/h3-11,18H,1-2H3. The first-order chi connectivity index (χ1) is 14.5. The van der Waals surface area contributed by atoms with Gasteiger partial charge >= 0.3 is 0 Å². The predicted molar refractivity (Wildman–Crippen MR) is 112 cm³/mol. The van der Waals surface area contributed by atoms with Gasteiger partial charge in [-0.05, 0) is 35.2 Å². The lowest BCUT2D eigenvalue weighted by Crippen LogP contribution is -2.29. The highest BCUT2D eigenvalue weighted by molar-refractivity contribution is 7.13. The van der Waals surface area contributed by atoms with Crippen molar-refractivity contribution < 1.29 is 13.6 Å². The van der Waals surface area contributed by atoms with Crippen LogP contribution in [0.15, 0.2) is 57.2 Å². The van der Waals surface area contributed by atoms with Crippen LogP contribution in [0.25, 0.3) is 11.0 Å². The lowest BCUT2D eigenvalue weighted by molar-refractivity contribution is 0.0970. The molecule has 6 nitrogen and oxygen atoms in total. The molecule has 1 aliphatic rings. The van der Waals surface area contributed by atoms with Crippen molar-refractivity contribution in [1.29, 1.82) is 0 Å². The van der Waals surface area contributed by atoms with E-state index in [2.05, 4.69) is 24.0 Å². The average molecular weight is 421 g/mol. The van der Waals surface area contributed by atoms with Crippen LogP contribution in [0.1, 0.15) is 53.1 Å². The van der Waals surface area contributed by atoms with E-state index in [9.17, 15) is 14.0 Å². The summed E-state index contributed by atoms with van der Waals surface area (Å²) in [6, 6.07) is 10.7. The van der Waals surface area contributed by atoms with Crippen molar-refractivity contribution in [1.82, 2.24) is 10.2 Å². The summed E-state index contributed by atoms with van der Waals surface area (Å²) in [6.45, 7) is 4.18. The summed E-state index contributed by atoms with van der Waals surface area (Å²) in [5, 5.41) is 8.33. The molecule has 1 unspecified atom stereocenters. The number of carbonyl (C=O) groups is 1. The van der Waals surface area contributed by atoms with Gasteiger partial charge in [-0.25, -0.2) is 4.39 Å². The van der Waals surface area contributed by atoms with Gasteiger partial charge in [-0.2, -0.15) is 0 Å². The van der Waals surface area contributed by atoms with Gasteiger partial charge in [-0.15, -0.1) is 10.2 Å². The minimum atomic E-state index is -0.731. The third-order valence-electron chi connectivity index (χ3n) is 5.31. The normalized spacial score (nSPS) is 15.9. The fraction of sp³-hybridized carbons (Fsp3) is 0.182. The third-order valence-corrected chi connectivity index (χ3v) is 5.99. The third kappa shape index (κ3) is 2.75. The van der Waals surface area contributed by atoms with Crippen molar-refractivity contribution in [2.75, 3.05) is 4.90 Å². The molecule has 2 aromatic heterocycles. The molecule has 0 aliphatic carbocycles. The summed E-state index contributed by atoms with van der Waals surface area (Å²) >= 11 is 1.19. The number of amides is 1. The first-order valence-corrected chi connectivity index (χ1v) is 10.3. The van der Waals surface area contributed by atoms with E-state index < -0.39 is 23.2 Å². The van der Waals surface area contributed by atoms with Crippen molar-refractivity contribution >= 4 is 33.3 Å². The summed E-state index contributed by atoms with van der Waals surface area (Å²) < 4.78 is 19.6. The Bertz CT molecular complexity index is 1330. The fourth-order valence-electron chi connectivity index (χ4n) is 3.79. The summed E-state index contributed by atoms with van der Waals surface area (Å²) in [4.78, 5) is 28.1. The first kappa shape index (κ1) is 18.6. The second-order valence-electron chi connectivity index (χ2n) is 7.43. The molecule has 150 valence electrons. The zero-order valence-corrected chi connectivity index (χ0v) is 16.9. The number of carbonyl (C=O) groups excluding carboxylic acids is 1. The number of anilines is 1. The Hall–Kier alpha value is -3.39. The molecule has 2 aromatic carbocycles. The van der Waals surface area contributed by atoms with Gasteiger partial charge in [0.2, 0.25) is 10.9 Å². The van der Waals surface area contributed by atoms with Gasteiger partial charge < -0.3 is 4.42 Å². The Kier molecular flexibility index (Phi) is 4.25. The molecular formula is C22H16FN3O3S. The second kappa shape index (κ2) is 6.84. The van der Waals surface area contributed by atoms with Crippen LogP contribution in [0.3, 0.4) is 0 Å². The number of nitrogens with zero attached hydrogens (tertiary/aromatic N) is 3. The Morgan fingerprint density at radius 1 is 1.13 bits per heavy atom. The van der Waals surface area contributed by atoms with Crippen LogP contribution in [0.5, 0.6) is 0 Å². The number of hydrogen-bond acceptors (Lipinski definition) is 6. The molecule has 30 heavy (non-hydrogen) atoms. The molecule has 0 saturated carbocycles. The quantitative estimate of drug-likeness (QED) is 0.481. The van der Waals surface area contributed by atoms with Gasteiger partial charge in [0.25, 0.3) is 5.91 Å². The van der Waals surface area contributed by atoms with E-state index in [1.165, 1.54) is 33.9 Å². The molecule has 0 N–H and O–H groups in total. The highest BCUT2D eigenvalue weighted by Gasteiger charge is 2.45. The van der Waals surface area contributed by atoms with E-state index in [0.29, 0.717) is 11.0 Å². The smallest absolute Gasteiger partial charge is 0.297 e. The highest BCUT2D eigenvalue weighted by Crippen LogP contribution is 2.41. The summed E-state index contributed by atoms with van der Waals surface area (Å²) in [7, 11) is 0. The summed E-state index contributed by atoms with van der Waals surface area (Å²) in [5.74, 6) is -0.721. The topological polar surface area (TPSA) is 76.3 Å². The van der Waals surface area contributed by atoms with Gasteiger partial charge in [-0.1, -0.05) is 49.4 Å². The maximum Gasteiger partial charge on any atom is 0.297 e. The Morgan fingerprint density at radius 3 is 2.57 bits per heavy atom. The average Bonchev–Trinajstić information content (AvgIpc) is 3.35. The van der Waals surface area contributed by atoms with Crippen LogP contribution < -0.4 is 10.3 Å². The summed E-state index contributed by atoms with van der Waals surface area (Å²) in [5.41, 5.74) is 3.32. The molecule has 1 aliphatic heterocycles. The molecule has 3 heterocycles. The SMILES string of the molecule is CC(C)c1ccc(C2c3c(oc4ccc(F)cc4c3=O)C(=O)N2c2nncs2)cc1. The summed E-state index contributed by atoms with van der Waals surface area (Å²) in [6.07, 6.45) is 0. The minimum absolute atomic E-state index is 0.0488. The van der Waals surface area contributed by atoms with Crippen LogP contribution >= 0.6 is 11.3 Å². The fourth-order valence-corrected chi connectivity index (χ4v) is 4.38. The first-order valence-electron chi connectivity index (χ1n) is 9.41. The molecule has 1 amide bonds. The van der Waals surface area contributed by atoms with Crippen LogP contribution in [0, 0.1) is 5.82 Å². The Labute approximate surface area is 174 Å². The van der Waals surface area contributed by atoms with Crippen molar-refractivity contribution in [2.24, 2.45) is 0 Å². The van der Waals surface area contributed by atoms with Gasteiger partial charge in [0.1, 0.15) is 16.9 Å². The van der Waals surface area contributed by atoms with Crippen LogP contribution in [-0.2, 0) is 0 Å². The Morgan fingerprint density at radius 2 is 1.90 bits per heavy atom. The van der Waals surface area contributed by atoms with Gasteiger partial charge in [0, 0.05) is 0 Å². The van der Waals surface area contributed by atoms with Gasteiger partial charge in [0.15, 0.2) is 5.43 Å². The van der Waals surface area contributed by atoms with E-state index >= 15 is 0 Å². The molecule has 0 bridgehead atoms. The molecular weight excluding hydrogens is 405 g/mol. The molecule has 0 saturated heterocycles. The predicted octanol–water partition coefficient (Wildman–Crippen LogP) is 4.66. The number of aromatic nitrogens is 2. The molecule has 8 heteroatoms. The van der Waals surface area contributed by atoms with E-state index in [-0.39, 0.29) is 22.3 Å². The molecule has 5 rings (SSSR count). The highest BCUT2D eigenvalue weighted by atomic mass is 32.1. The van der Waals surface area contributed by atoms with Crippen molar-refractivity contribution in [3.05, 3.63) is 86.5 Å². The van der Waals surface area contributed by atoms with E-state index in [4.69, 9.17) is 4.42 Å². The maximum absolute atomic E-state index is 13.8. The monoisotopic (exact) mass is 421 g/mol. The van der Waals surface area contributed by atoms with Crippen molar-refractivity contribution in [3.63, 3.8) is 0 Å². The minimum Gasteiger partial charge on any atom is -0.450 e. The molecule has 0 radical (unpaired) electrons. The van der Waals surface area contributed by atoms with Crippen molar-refractivity contribution in [3.8, 4) is 0 Å². The second-order valence-corrected chi connectivity index (χ2v) is 8.25. The van der Waals surface area contributed by atoms with E-state index in [1.807, 2.05) is 24.3 Å². The number of hydrogen-bond donors (Lipinski definition) is 0. The van der Waals surface area contributed by atoms with Crippen LogP contribution in [0.2, 0.25) is 0 Å². The van der Waals surface area contributed by atoms with Crippen LogP contribution in [-0.4, -0.2) is 16.1 Å². The molecule has 0 fully saturated rings. The maximum atomic E-state index is 13.8. The molecule has 4 aromatic rings. The number of benzene rings is 2. The zero-order chi connectivity index (χ0) is 21.0. The largest absolute Gasteiger partial charge is 0.450 e. The van der Waals surface area contributed by atoms with E-state index in [0.717, 1.165) is 17.2 Å². The number of fused-ring (bicyclic) bond motifs is 2. The Balaban J connectivity index is 1.78. The molecule has 1 atom stereocenters. The number of rotatable bonds is 3. The number of halogens is 1.